The van der Waals surface area contributed by atoms with Crippen molar-refractivity contribution in [2.24, 2.45) is 0 Å². The number of aryl methyl sites for hydroxylation is 2. The molecule has 0 amide bonds. The Bertz CT molecular complexity index is 443. The van der Waals surface area contributed by atoms with Gasteiger partial charge in [-0.15, -0.1) is 0 Å². The molecule has 0 atom stereocenters. The first-order valence-electron chi connectivity index (χ1n) is 7.53. The second-order valence-electron chi connectivity index (χ2n) is 6.13. The van der Waals surface area contributed by atoms with Gasteiger partial charge >= 0.3 is 19.5 Å². The van der Waals surface area contributed by atoms with Crippen molar-refractivity contribution >= 4 is 0 Å². The van der Waals surface area contributed by atoms with Crippen LogP contribution in [0.5, 0.6) is 0 Å². The molecule has 0 unspecified atom stereocenters. The van der Waals surface area contributed by atoms with Crippen LogP contribution in [0.1, 0.15) is 61.8 Å². The topological polar surface area (TPSA) is 0 Å². The molecule has 0 saturated carbocycles. The van der Waals surface area contributed by atoms with Crippen LogP contribution in [0.4, 0.5) is 0 Å². The van der Waals surface area contributed by atoms with Gasteiger partial charge in [0.2, 0.25) is 0 Å². The Morgan fingerprint density at radius 2 is 0.762 bits per heavy atom. The number of benzene rings is 2. The van der Waals surface area contributed by atoms with E-state index in [0.29, 0.717) is 11.8 Å². The fraction of sp³-hybridized carbons (Fsp3) is 0.400. The summed E-state index contributed by atoms with van der Waals surface area (Å²) >= 11 is 0. The molecular formula is C20H28Ru+2. The van der Waals surface area contributed by atoms with Crippen LogP contribution in [0.25, 0.3) is 0 Å². The average molecular weight is 370 g/mol. The molecule has 2 aromatic rings. The largest absolute Gasteiger partial charge is 2.00 e. The van der Waals surface area contributed by atoms with Crippen LogP contribution in [0, 0.1) is 13.8 Å². The van der Waals surface area contributed by atoms with Gasteiger partial charge in [-0.05, 0) is 36.8 Å². The predicted molar refractivity (Wildman–Crippen MR) is 90.5 cm³/mol. The second-order valence-corrected chi connectivity index (χ2v) is 6.13. The standard InChI is InChI=1S/2C10H14.Ru/c2*1-8(2)10-6-4-9(3)5-7-10;/h2*4-8H,1-3H3;/q;;+2. The van der Waals surface area contributed by atoms with Gasteiger partial charge in [-0.1, -0.05) is 87.4 Å². The predicted octanol–water partition coefficient (Wildman–Crippen LogP) is 6.23. The van der Waals surface area contributed by atoms with Crippen LogP contribution in [0.15, 0.2) is 48.5 Å². The normalized spacial score (nSPS) is 9.90. The molecule has 114 valence electrons. The number of hydrogen-bond acceptors (Lipinski definition) is 0. The number of rotatable bonds is 2. The molecule has 0 radical (unpaired) electrons. The molecule has 0 saturated heterocycles. The van der Waals surface area contributed by atoms with Crippen LogP contribution in [-0.4, -0.2) is 0 Å². The molecule has 21 heavy (non-hydrogen) atoms. The van der Waals surface area contributed by atoms with E-state index < -0.39 is 0 Å². The Labute approximate surface area is 143 Å². The van der Waals surface area contributed by atoms with E-state index in [1.54, 1.807) is 0 Å². The minimum absolute atomic E-state index is 0. The van der Waals surface area contributed by atoms with Crippen molar-refractivity contribution in [3.63, 3.8) is 0 Å². The molecule has 0 aromatic heterocycles. The van der Waals surface area contributed by atoms with E-state index in [-0.39, 0.29) is 19.5 Å². The quantitative estimate of drug-likeness (QED) is 0.550. The van der Waals surface area contributed by atoms with Crippen molar-refractivity contribution in [2.75, 3.05) is 0 Å². The van der Waals surface area contributed by atoms with E-state index >= 15 is 0 Å². The summed E-state index contributed by atoms with van der Waals surface area (Å²) in [4.78, 5) is 0. The minimum Gasteiger partial charge on any atom is -0.0590 e. The van der Waals surface area contributed by atoms with Gasteiger partial charge in [0, 0.05) is 0 Å². The molecule has 0 heterocycles. The Morgan fingerprint density at radius 3 is 0.952 bits per heavy atom. The van der Waals surface area contributed by atoms with Crippen molar-refractivity contribution in [3.8, 4) is 0 Å². The van der Waals surface area contributed by atoms with Crippen molar-refractivity contribution < 1.29 is 19.5 Å². The molecular weight excluding hydrogens is 341 g/mol. The smallest absolute Gasteiger partial charge is 0.0590 e. The molecule has 0 N–H and O–H groups in total. The van der Waals surface area contributed by atoms with E-state index in [9.17, 15) is 0 Å². The summed E-state index contributed by atoms with van der Waals surface area (Å²) < 4.78 is 0. The van der Waals surface area contributed by atoms with Crippen molar-refractivity contribution in [3.05, 3.63) is 70.8 Å². The molecule has 0 spiro atoms. The van der Waals surface area contributed by atoms with Crippen molar-refractivity contribution in [2.45, 2.75) is 53.4 Å². The van der Waals surface area contributed by atoms with Crippen LogP contribution in [0.3, 0.4) is 0 Å². The summed E-state index contributed by atoms with van der Waals surface area (Å²) in [6.07, 6.45) is 0. The monoisotopic (exact) mass is 370 g/mol. The maximum atomic E-state index is 2.21. The fourth-order valence-electron chi connectivity index (χ4n) is 1.90. The Hall–Kier alpha value is -0.937. The summed E-state index contributed by atoms with van der Waals surface area (Å²) in [5, 5.41) is 0. The molecule has 0 aliphatic carbocycles. The summed E-state index contributed by atoms with van der Waals surface area (Å²) in [7, 11) is 0. The Kier molecular flexibility index (Phi) is 9.46. The first-order chi connectivity index (χ1) is 9.40. The molecule has 0 aliphatic rings. The minimum atomic E-state index is 0. The number of hydrogen-bond donors (Lipinski definition) is 0. The van der Waals surface area contributed by atoms with Crippen LogP contribution < -0.4 is 0 Å². The zero-order valence-corrected chi connectivity index (χ0v) is 15.9. The zero-order chi connectivity index (χ0) is 15.1. The second kappa shape index (κ2) is 9.90. The zero-order valence-electron chi connectivity index (χ0n) is 14.1. The molecule has 0 bridgehead atoms. The Balaban J connectivity index is 0.000000364. The Morgan fingerprint density at radius 1 is 0.524 bits per heavy atom. The van der Waals surface area contributed by atoms with Crippen LogP contribution >= 0.6 is 0 Å². The average Bonchev–Trinajstić information content (AvgIpc) is 2.40. The summed E-state index contributed by atoms with van der Waals surface area (Å²) in [6, 6.07) is 17.4. The fourth-order valence-corrected chi connectivity index (χ4v) is 1.90. The van der Waals surface area contributed by atoms with Gasteiger partial charge in [0.25, 0.3) is 0 Å². The van der Waals surface area contributed by atoms with E-state index in [2.05, 4.69) is 90.1 Å². The van der Waals surface area contributed by atoms with Gasteiger partial charge in [-0.25, -0.2) is 0 Å². The van der Waals surface area contributed by atoms with E-state index in [1.165, 1.54) is 22.3 Å². The third kappa shape index (κ3) is 7.58. The van der Waals surface area contributed by atoms with Crippen molar-refractivity contribution in [1.82, 2.24) is 0 Å². The van der Waals surface area contributed by atoms with Crippen molar-refractivity contribution in [1.29, 1.82) is 0 Å². The van der Waals surface area contributed by atoms with Gasteiger partial charge in [0.15, 0.2) is 0 Å². The van der Waals surface area contributed by atoms with E-state index in [4.69, 9.17) is 0 Å². The first kappa shape index (κ1) is 20.1. The van der Waals surface area contributed by atoms with Crippen LogP contribution in [-0.2, 0) is 19.5 Å². The first-order valence-corrected chi connectivity index (χ1v) is 7.53. The third-order valence-corrected chi connectivity index (χ3v) is 3.49. The van der Waals surface area contributed by atoms with Gasteiger partial charge in [-0.2, -0.15) is 0 Å². The maximum Gasteiger partial charge on any atom is 2.00 e. The summed E-state index contributed by atoms with van der Waals surface area (Å²) in [6.45, 7) is 13.1. The SMILES string of the molecule is Cc1ccc(C(C)C)cc1.Cc1ccc(C(C)C)cc1.[Ru+2]. The maximum absolute atomic E-state index is 2.21. The molecule has 0 nitrogen and oxygen atoms in total. The molecule has 0 fully saturated rings. The molecule has 1 heteroatoms. The summed E-state index contributed by atoms with van der Waals surface area (Å²) in [5.41, 5.74) is 5.52. The van der Waals surface area contributed by atoms with Gasteiger partial charge < -0.3 is 0 Å². The van der Waals surface area contributed by atoms with E-state index in [1.807, 2.05) is 0 Å². The summed E-state index contributed by atoms with van der Waals surface area (Å²) in [5.74, 6) is 1.31. The molecule has 0 aliphatic heterocycles. The van der Waals surface area contributed by atoms with E-state index in [0.717, 1.165) is 0 Å². The third-order valence-electron chi connectivity index (χ3n) is 3.49. The van der Waals surface area contributed by atoms with Gasteiger partial charge in [-0.3, -0.25) is 0 Å². The van der Waals surface area contributed by atoms with Gasteiger partial charge in [0.1, 0.15) is 0 Å². The molecule has 2 rings (SSSR count). The molecule has 2 aromatic carbocycles. The van der Waals surface area contributed by atoms with Crippen LogP contribution in [0.2, 0.25) is 0 Å². The van der Waals surface area contributed by atoms with Gasteiger partial charge in [0.05, 0.1) is 0 Å².